The fourth-order valence-electron chi connectivity index (χ4n) is 7.56. The molecule has 26 heavy (non-hydrogen) atoms. The maximum atomic E-state index is 9.91. The Hall–Kier alpha value is -1.26. The van der Waals surface area contributed by atoms with Gasteiger partial charge in [0.15, 0.2) is 0 Å². The van der Waals surface area contributed by atoms with Gasteiger partial charge in [0.25, 0.3) is 0 Å². The molecule has 4 atom stereocenters. The summed E-state index contributed by atoms with van der Waals surface area (Å²) < 4.78 is 5.81. The molecule has 0 radical (unpaired) electrons. The Labute approximate surface area is 157 Å². The number of anilines is 1. The summed E-state index contributed by atoms with van der Waals surface area (Å²) in [4.78, 5) is 5.43. The smallest absolute Gasteiger partial charge is 0.142 e. The van der Waals surface area contributed by atoms with E-state index in [-0.39, 0.29) is 5.41 Å². The molecule has 1 aromatic rings. The van der Waals surface area contributed by atoms with E-state index in [4.69, 9.17) is 4.74 Å². The zero-order chi connectivity index (χ0) is 17.9. The number of nitrogens with zero attached hydrogens (tertiary/aromatic N) is 2. The molecule has 4 heteroatoms. The molecule has 0 aromatic heterocycles. The van der Waals surface area contributed by atoms with E-state index in [1.165, 1.54) is 56.4 Å². The van der Waals surface area contributed by atoms with E-state index >= 15 is 0 Å². The number of ether oxygens (including phenoxy) is 1. The van der Waals surface area contributed by atoms with Crippen LogP contribution in [0.4, 0.5) is 5.69 Å². The molecule has 142 valence electrons. The number of rotatable bonds is 4. The molecule has 1 saturated carbocycles. The number of aliphatic hydroxyl groups is 1. The summed E-state index contributed by atoms with van der Waals surface area (Å²) in [6.07, 6.45) is 7.30. The topological polar surface area (TPSA) is 35.9 Å². The van der Waals surface area contributed by atoms with Crippen molar-refractivity contribution >= 4 is 5.69 Å². The largest absolute Gasteiger partial charge is 0.495 e. The van der Waals surface area contributed by atoms with E-state index in [0.717, 1.165) is 18.7 Å². The molecular formula is C22H32N2O2. The quantitative estimate of drug-likeness (QED) is 0.899. The van der Waals surface area contributed by atoms with Crippen LogP contribution >= 0.6 is 0 Å². The Morgan fingerprint density at radius 2 is 2.12 bits per heavy atom. The highest BCUT2D eigenvalue weighted by Gasteiger charge is 2.68. The van der Waals surface area contributed by atoms with Gasteiger partial charge in [-0.15, -0.1) is 0 Å². The first-order valence-corrected chi connectivity index (χ1v) is 10.5. The van der Waals surface area contributed by atoms with Crippen molar-refractivity contribution in [2.45, 2.75) is 62.9 Å². The number of piperidine rings is 1. The lowest BCUT2D eigenvalue weighted by molar-refractivity contribution is -0.0451. The first-order valence-electron chi connectivity index (χ1n) is 10.5. The van der Waals surface area contributed by atoms with Gasteiger partial charge in [0.05, 0.1) is 12.8 Å². The SMILES string of the molecule is CCN1c2c(OC)cccc2[C@]23CCN4CCC[C@](CCO)(CC[C@@H]12)[C@@H]43. The van der Waals surface area contributed by atoms with Gasteiger partial charge in [0.1, 0.15) is 5.75 Å². The molecule has 0 bridgehead atoms. The summed E-state index contributed by atoms with van der Waals surface area (Å²) in [5.41, 5.74) is 3.40. The van der Waals surface area contributed by atoms with Crippen LogP contribution in [-0.2, 0) is 5.41 Å². The summed E-state index contributed by atoms with van der Waals surface area (Å²) in [6, 6.07) is 7.87. The molecule has 4 aliphatic rings. The normalized spacial score (nSPS) is 38.0. The number of fused-ring (bicyclic) bond motifs is 1. The second-order valence-electron chi connectivity index (χ2n) is 8.87. The fourth-order valence-corrected chi connectivity index (χ4v) is 7.56. The van der Waals surface area contributed by atoms with Crippen molar-refractivity contribution in [3.8, 4) is 5.75 Å². The van der Waals surface area contributed by atoms with E-state index in [1.54, 1.807) is 7.11 Å². The molecule has 5 rings (SSSR count). The molecule has 1 spiro atoms. The Bertz CT molecular complexity index is 703. The van der Waals surface area contributed by atoms with E-state index in [9.17, 15) is 5.11 Å². The molecule has 1 aliphatic carbocycles. The summed E-state index contributed by atoms with van der Waals surface area (Å²) >= 11 is 0. The third kappa shape index (κ3) is 1.87. The van der Waals surface area contributed by atoms with Gasteiger partial charge in [0, 0.05) is 30.7 Å². The lowest BCUT2D eigenvalue weighted by atomic mass is 9.52. The average Bonchev–Trinajstić information content (AvgIpc) is 3.20. The predicted molar refractivity (Wildman–Crippen MR) is 104 cm³/mol. The number of methoxy groups -OCH3 is 1. The summed E-state index contributed by atoms with van der Waals surface area (Å²) in [5, 5.41) is 9.91. The lowest BCUT2D eigenvalue weighted by Crippen LogP contribution is -2.64. The van der Waals surface area contributed by atoms with Crippen molar-refractivity contribution in [2.75, 3.05) is 38.3 Å². The van der Waals surface area contributed by atoms with Crippen LogP contribution in [0, 0.1) is 5.41 Å². The van der Waals surface area contributed by atoms with Gasteiger partial charge in [-0.05, 0) is 75.6 Å². The van der Waals surface area contributed by atoms with Crippen LogP contribution in [-0.4, -0.2) is 55.4 Å². The lowest BCUT2D eigenvalue weighted by Gasteiger charge is -2.59. The minimum Gasteiger partial charge on any atom is -0.495 e. The molecular weight excluding hydrogens is 324 g/mol. The minimum atomic E-state index is 0.216. The van der Waals surface area contributed by atoms with E-state index in [2.05, 4.69) is 34.9 Å². The van der Waals surface area contributed by atoms with Crippen LogP contribution < -0.4 is 9.64 Å². The van der Waals surface area contributed by atoms with Gasteiger partial charge in [-0.25, -0.2) is 0 Å². The van der Waals surface area contributed by atoms with E-state index in [0.29, 0.717) is 24.1 Å². The van der Waals surface area contributed by atoms with Gasteiger partial charge in [-0.3, -0.25) is 4.90 Å². The Balaban J connectivity index is 1.72. The molecule has 3 fully saturated rings. The number of para-hydroxylation sites is 1. The van der Waals surface area contributed by atoms with Crippen LogP contribution in [0.5, 0.6) is 5.75 Å². The van der Waals surface area contributed by atoms with Crippen LogP contribution in [0.25, 0.3) is 0 Å². The van der Waals surface area contributed by atoms with Crippen molar-refractivity contribution < 1.29 is 9.84 Å². The van der Waals surface area contributed by atoms with Crippen LogP contribution in [0.15, 0.2) is 18.2 Å². The first-order chi connectivity index (χ1) is 12.7. The summed E-state index contributed by atoms with van der Waals surface area (Å²) in [7, 11) is 1.81. The third-order valence-electron chi connectivity index (χ3n) is 8.21. The van der Waals surface area contributed by atoms with Gasteiger partial charge in [-0.2, -0.15) is 0 Å². The van der Waals surface area contributed by atoms with Crippen LogP contribution in [0.1, 0.15) is 51.0 Å². The summed E-state index contributed by atoms with van der Waals surface area (Å²) in [6.45, 7) is 6.10. The fraction of sp³-hybridized carbons (Fsp3) is 0.727. The molecule has 1 N–H and O–H groups in total. The highest BCUT2D eigenvalue weighted by Crippen LogP contribution is 2.66. The third-order valence-corrected chi connectivity index (χ3v) is 8.21. The van der Waals surface area contributed by atoms with Crippen molar-refractivity contribution in [1.82, 2.24) is 4.90 Å². The van der Waals surface area contributed by atoms with Crippen LogP contribution in [0.2, 0.25) is 0 Å². The predicted octanol–water partition coefficient (Wildman–Crippen LogP) is 3.17. The number of likely N-dealkylation sites (N-methyl/N-ethyl adjacent to an activating group) is 1. The molecule has 3 aliphatic heterocycles. The van der Waals surface area contributed by atoms with Crippen molar-refractivity contribution in [2.24, 2.45) is 5.41 Å². The first kappa shape index (κ1) is 16.9. The molecule has 2 saturated heterocycles. The molecule has 0 amide bonds. The zero-order valence-corrected chi connectivity index (χ0v) is 16.2. The number of benzene rings is 1. The van der Waals surface area contributed by atoms with E-state index < -0.39 is 0 Å². The monoisotopic (exact) mass is 356 g/mol. The van der Waals surface area contributed by atoms with Gasteiger partial charge in [-0.1, -0.05) is 12.1 Å². The Morgan fingerprint density at radius 3 is 2.88 bits per heavy atom. The van der Waals surface area contributed by atoms with Crippen LogP contribution in [0.3, 0.4) is 0 Å². The van der Waals surface area contributed by atoms with Gasteiger partial charge in [0.2, 0.25) is 0 Å². The molecule has 3 heterocycles. The highest BCUT2D eigenvalue weighted by atomic mass is 16.5. The van der Waals surface area contributed by atoms with Gasteiger partial charge >= 0.3 is 0 Å². The maximum Gasteiger partial charge on any atom is 0.142 e. The standard InChI is InChI=1S/C22H32N2O2/c1-3-24-18-8-10-21(12-15-25)9-5-13-23-14-11-22(18,20(21)23)16-6-4-7-17(26-2)19(16)24/h4,6-7,18,20,25H,3,5,8-15H2,1-2H3/t18-,20-,21-,22-/m1/s1. The number of aliphatic hydroxyl groups excluding tert-OH is 1. The second-order valence-corrected chi connectivity index (χ2v) is 8.87. The zero-order valence-electron chi connectivity index (χ0n) is 16.2. The summed E-state index contributed by atoms with van der Waals surface area (Å²) in [5.74, 6) is 1.04. The molecule has 0 unspecified atom stereocenters. The minimum absolute atomic E-state index is 0.216. The van der Waals surface area contributed by atoms with Crippen molar-refractivity contribution in [3.63, 3.8) is 0 Å². The molecule has 4 nitrogen and oxygen atoms in total. The number of hydrogen-bond acceptors (Lipinski definition) is 4. The van der Waals surface area contributed by atoms with Crippen molar-refractivity contribution in [1.29, 1.82) is 0 Å². The maximum absolute atomic E-state index is 9.91. The Morgan fingerprint density at radius 1 is 1.23 bits per heavy atom. The Kier molecular flexibility index (Phi) is 3.81. The average molecular weight is 357 g/mol. The second kappa shape index (κ2) is 5.87. The van der Waals surface area contributed by atoms with Crippen molar-refractivity contribution in [3.05, 3.63) is 23.8 Å². The molecule has 1 aromatic carbocycles. The highest BCUT2D eigenvalue weighted by molar-refractivity contribution is 5.73. The van der Waals surface area contributed by atoms with E-state index in [1.807, 2.05) is 0 Å². The number of hydrogen-bond donors (Lipinski definition) is 1. The van der Waals surface area contributed by atoms with Gasteiger partial charge < -0.3 is 14.7 Å².